The molecule has 0 atom stereocenters. The first-order chi connectivity index (χ1) is 18.3. The third-order valence-electron chi connectivity index (χ3n) is 6.90. The van der Waals surface area contributed by atoms with Gasteiger partial charge in [-0.25, -0.2) is 4.79 Å². The van der Waals surface area contributed by atoms with Gasteiger partial charge in [0.25, 0.3) is 11.5 Å². The predicted octanol–water partition coefficient (Wildman–Crippen LogP) is 4.49. The molecule has 39 heavy (non-hydrogen) atoms. The maximum atomic E-state index is 13.1. The highest BCUT2D eigenvalue weighted by molar-refractivity contribution is 5.95. The minimum absolute atomic E-state index is 0.192. The molecule has 2 aromatic rings. The van der Waals surface area contributed by atoms with Crippen molar-refractivity contribution in [2.45, 2.75) is 37.3 Å². The summed E-state index contributed by atoms with van der Waals surface area (Å²) in [6, 6.07) is 9.73. The molecule has 212 valence electrons. The van der Waals surface area contributed by atoms with Crippen LogP contribution in [0.4, 0.5) is 36.8 Å². The lowest BCUT2D eigenvalue weighted by Gasteiger charge is -2.35. The second kappa shape index (κ2) is 11.0. The smallest absolute Gasteiger partial charge is 0.369 e. The summed E-state index contributed by atoms with van der Waals surface area (Å²) in [5.74, 6) is 0.363. The summed E-state index contributed by atoms with van der Waals surface area (Å²) < 4.78 is 78.5. The van der Waals surface area contributed by atoms with E-state index in [2.05, 4.69) is 10.6 Å². The summed E-state index contributed by atoms with van der Waals surface area (Å²) in [6.45, 7) is 2.54. The Morgan fingerprint density at radius 3 is 1.92 bits per heavy atom. The number of amides is 3. The molecule has 4 rings (SSSR count). The van der Waals surface area contributed by atoms with Crippen LogP contribution >= 0.6 is 0 Å². The van der Waals surface area contributed by atoms with Gasteiger partial charge in [0.2, 0.25) is 0 Å². The van der Waals surface area contributed by atoms with Crippen molar-refractivity contribution in [1.82, 2.24) is 15.1 Å². The average Bonchev–Trinajstić information content (AvgIpc) is 3.71. The normalized spacial score (nSPS) is 17.2. The average molecular weight is 559 g/mol. The summed E-state index contributed by atoms with van der Waals surface area (Å²) >= 11 is 0. The van der Waals surface area contributed by atoms with Gasteiger partial charge in [-0.15, -0.1) is 0 Å². The lowest BCUT2D eigenvalue weighted by molar-refractivity contribution is -0.376. The fourth-order valence-corrected chi connectivity index (χ4v) is 4.32. The molecule has 2 fully saturated rings. The third-order valence-corrected chi connectivity index (χ3v) is 6.90. The number of aliphatic hydroxyl groups is 1. The summed E-state index contributed by atoms with van der Waals surface area (Å²) in [6.07, 6.45) is -9.62. The number of anilines is 1. The highest BCUT2D eigenvalue weighted by Gasteiger charge is 2.71. The molecule has 3 amide bonds. The molecule has 1 heterocycles. The number of halogens is 6. The number of nitrogens with zero attached hydrogens (tertiary/aromatic N) is 2. The van der Waals surface area contributed by atoms with Crippen molar-refractivity contribution in [2.75, 3.05) is 38.0 Å². The zero-order valence-corrected chi connectivity index (χ0v) is 20.8. The van der Waals surface area contributed by atoms with Crippen molar-refractivity contribution in [2.24, 2.45) is 5.92 Å². The Morgan fingerprint density at radius 1 is 0.846 bits per heavy atom. The van der Waals surface area contributed by atoms with Crippen molar-refractivity contribution in [3.8, 4) is 0 Å². The zero-order valence-electron chi connectivity index (χ0n) is 20.8. The molecule has 2 aromatic carbocycles. The number of carbonyl (C=O) groups excluding carboxylic acids is 2. The van der Waals surface area contributed by atoms with Crippen LogP contribution in [0, 0.1) is 5.92 Å². The van der Waals surface area contributed by atoms with Crippen LogP contribution in [0.25, 0.3) is 0 Å². The molecule has 0 unspecified atom stereocenters. The van der Waals surface area contributed by atoms with Gasteiger partial charge >= 0.3 is 18.4 Å². The van der Waals surface area contributed by atoms with E-state index >= 15 is 0 Å². The lowest BCUT2D eigenvalue weighted by atomic mass is 9.91. The molecule has 1 aliphatic carbocycles. The van der Waals surface area contributed by atoms with Gasteiger partial charge in [0, 0.05) is 56.1 Å². The zero-order chi connectivity index (χ0) is 28.4. The first kappa shape index (κ1) is 28.7. The maximum absolute atomic E-state index is 13.1. The summed E-state index contributed by atoms with van der Waals surface area (Å²) in [5.41, 5.74) is -4.79. The van der Waals surface area contributed by atoms with Crippen molar-refractivity contribution < 1.29 is 41.0 Å². The number of piperazine rings is 1. The monoisotopic (exact) mass is 558 g/mol. The van der Waals surface area contributed by atoms with E-state index in [1.54, 1.807) is 29.2 Å². The van der Waals surface area contributed by atoms with E-state index in [9.17, 15) is 41.0 Å². The van der Waals surface area contributed by atoms with Gasteiger partial charge in [0.05, 0.1) is 0 Å². The van der Waals surface area contributed by atoms with E-state index in [-0.39, 0.29) is 18.5 Å². The van der Waals surface area contributed by atoms with Crippen LogP contribution in [0.1, 0.15) is 34.3 Å². The molecule has 1 aliphatic heterocycles. The highest BCUT2D eigenvalue weighted by Crippen LogP contribution is 2.50. The van der Waals surface area contributed by atoms with Gasteiger partial charge in [-0.05, 0) is 48.6 Å². The van der Waals surface area contributed by atoms with Crippen molar-refractivity contribution in [3.05, 3.63) is 65.2 Å². The maximum Gasteiger partial charge on any atom is 0.430 e. The Hall–Kier alpha value is -3.32. The Morgan fingerprint density at radius 2 is 1.41 bits per heavy atom. The van der Waals surface area contributed by atoms with Gasteiger partial charge < -0.3 is 20.6 Å². The molecule has 2 aliphatic rings. The number of hydrogen-bond donors (Lipinski definition) is 3. The molecule has 3 N–H and O–H groups in total. The van der Waals surface area contributed by atoms with Crippen molar-refractivity contribution in [1.29, 1.82) is 0 Å². The molecule has 0 radical (unpaired) electrons. The summed E-state index contributed by atoms with van der Waals surface area (Å²) in [7, 11) is 0. The first-order valence-electron chi connectivity index (χ1n) is 12.4. The van der Waals surface area contributed by atoms with Crippen LogP contribution in [0.3, 0.4) is 0 Å². The summed E-state index contributed by atoms with van der Waals surface area (Å²) in [5, 5.41) is 15.0. The standard InChI is InChI=1S/C26H28F6N4O3/c27-25(28,29)24(39,26(30,31)32)20-7-3-18(4-8-20)16-35-11-13-36(14-12-35)22(37)19-5-9-21(10-6-19)34-23(38)33-15-17-1-2-17/h3-10,17,39H,1-2,11-16H2,(H2,33,34,38). The van der Waals surface area contributed by atoms with Crippen LogP contribution in [-0.2, 0) is 12.1 Å². The van der Waals surface area contributed by atoms with Crippen LogP contribution < -0.4 is 10.6 Å². The minimum Gasteiger partial charge on any atom is -0.369 e. The van der Waals surface area contributed by atoms with Crippen LogP contribution in [0.5, 0.6) is 0 Å². The Balaban J connectivity index is 1.28. The van der Waals surface area contributed by atoms with Gasteiger partial charge in [-0.1, -0.05) is 24.3 Å². The Kier molecular flexibility index (Phi) is 8.12. The fourth-order valence-electron chi connectivity index (χ4n) is 4.32. The van der Waals surface area contributed by atoms with Crippen LogP contribution in [0.2, 0.25) is 0 Å². The number of rotatable bonds is 7. The number of hydrogen-bond acceptors (Lipinski definition) is 4. The van der Waals surface area contributed by atoms with E-state index in [0.29, 0.717) is 67.6 Å². The molecule has 1 saturated carbocycles. The van der Waals surface area contributed by atoms with E-state index in [4.69, 9.17) is 0 Å². The van der Waals surface area contributed by atoms with Gasteiger partial charge in [-0.3, -0.25) is 9.69 Å². The SMILES string of the molecule is O=C(NCC1CC1)Nc1ccc(C(=O)N2CCN(Cc3ccc(C(O)(C(F)(F)F)C(F)(F)F)cc3)CC2)cc1. The van der Waals surface area contributed by atoms with Crippen molar-refractivity contribution in [3.63, 3.8) is 0 Å². The van der Waals surface area contributed by atoms with E-state index in [1.807, 2.05) is 4.90 Å². The molecular formula is C26H28F6N4O3. The predicted molar refractivity (Wildman–Crippen MR) is 130 cm³/mol. The number of alkyl halides is 6. The molecule has 0 spiro atoms. The molecule has 13 heteroatoms. The molecule has 1 saturated heterocycles. The second-order valence-corrected chi connectivity index (χ2v) is 9.83. The Labute approximate surface area is 220 Å². The minimum atomic E-state index is -5.93. The number of carbonyl (C=O) groups is 2. The van der Waals surface area contributed by atoms with E-state index in [1.165, 1.54) is 0 Å². The van der Waals surface area contributed by atoms with Gasteiger partial charge in [0.1, 0.15) is 0 Å². The second-order valence-electron chi connectivity index (χ2n) is 9.83. The van der Waals surface area contributed by atoms with E-state index in [0.717, 1.165) is 25.0 Å². The fraction of sp³-hybridized carbons (Fsp3) is 0.462. The third kappa shape index (κ3) is 6.64. The van der Waals surface area contributed by atoms with Crippen LogP contribution in [-0.4, -0.2) is 71.9 Å². The summed E-state index contributed by atoms with van der Waals surface area (Å²) in [4.78, 5) is 28.4. The molecule has 0 bridgehead atoms. The van der Waals surface area contributed by atoms with Crippen molar-refractivity contribution >= 4 is 17.6 Å². The Bertz CT molecular complexity index is 1140. The lowest BCUT2D eigenvalue weighted by Crippen LogP contribution is -2.53. The molecular weight excluding hydrogens is 530 g/mol. The first-order valence-corrected chi connectivity index (χ1v) is 12.4. The number of urea groups is 1. The number of benzene rings is 2. The molecule has 0 aromatic heterocycles. The van der Waals surface area contributed by atoms with Crippen LogP contribution in [0.15, 0.2) is 48.5 Å². The quantitative estimate of drug-likeness (QED) is 0.438. The van der Waals surface area contributed by atoms with E-state index < -0.39 is 23.5 Å². The van der Waals surface area contributed by atoms with Gasteiger partial charge in [-0.2, -0.15) is 26.3 Å². The molecule has 7 nitrogen and oxygen atoms in total. The number of nitrogens with one attached hydrogen (secondary N) is 2. The highest BCUT2D eigenvalue weighted by atomic mass is 19.4. The van der Waals surface area contributed by atoms with Gasteiger partial charge in [0.15, 0.2) is 0 Å². The largest absolute Gasteiger partial charge is 0.430 e. The topological polar surface area (TPSA) is 84.9 Å².